The fourth-order valence-corrected chi connectivity index (χ4v) is 3.62. The zero-order valence-electron chi connectivity index (χ0n) is 15.0. The SMILES string of the molecule is Cc1noc(-c2cn[nH]c2C2CCCCN2C(=O)c2ccccc2)c1C. The van der Waals surface area contributed by atoms with Gasteiger partial charge in [0.1, 0.15) is 0 Å². The molecule has 1 amide bonds. The van der Waals surface area contributed by atoms with Crippen molar-refractivity contribution in [2.45, 2.75) is 39.2 Å². The lowest BCUT2D eigenvalue weighted by molar-refractivity contribution is 0.0606. The summed E-state index contributed by atoms with van der Waals surface area (Å²) in [5.74, 6) is 0.783. The maximum absolute atomic E-state index is 13.1. The van der Waals surface area contributed by atoms with Crippen LogP contribution in [0.25, 0.3) is 11.3 Å². The van der Waals surface area contributed by atoms with Gasteiger partial charge >= 0.3 is 0 Å². The second-order valence-electron chi connectivity index (χ2n) is 6.80. The van der Waals surface area contributed by atoms with Crippen molar-refractivity contribution in [3.8, 4) is 11.3 Å². The van der Waals surface area contributed by atoms with Crippen LogP contribution in [0.5, 0.6) is 0 Å². The quantitative estimate of drug-likeness (QED) is 0.773. The number of H-pyrrole nitrogens is 1. The smallest absolute Gasteiger partial charge is 0.254 e. The largest absolute Gasteiger partial charge is 0.356 e. The lowest BCUT2D eigenvalue weighted by Gasteiger charge is -2.35. The summed E-state index contributed by atoms with van der Waals surface area (Å²) >= 11 is 0. The summed E-state index contributed by atoms with van der Waals surface area (Å²) < 4.78 is 5.54. The van der Waals surface area contributed by atoms with E-state index >= 15 is 0 Å². The first-order valence-electron chi connectivity index (χ1n) is 8.99. The summed E-state index contributed by atoms with van der Waals surface area (Å²) in [6.07, 6.45) is 4.76. The van der Waals surface area contributed by atoms with Crippen molar-refractivity contribution in [2.24, 2.45) is 0 Å². The highest BCUT2D eigenvalue weighted by Crippen LogP contribution is 2.37. The number of rotatable bonds is 3. The van der Waals surface area contributed by atoms with Crippen LogP contribution in [0, 0.1) is 13.8 Å². The number of carbonyl (C=O) groups excluding carboxylic acids is 1. The number of carbonyl (C=O) groups is 1. The zero-order chi connectivity index (χ0) is 18.1. The molecular weight excluding hydrogens is 328 g/mol. The Labute approximate surface area is 152 Å². The highest BCUT2D eigenvalue weighted by Gasteiger charge is 2.32. The highest BCUT2D eigenvalue weighted by atomic mass is 16.5. The van der Waals surface area contributed by atoms with E-state index in [1.807, 2.05) is 49.1 Å². The van der Waals surface area contributed by atoms with Gasteiger partial charge in [0.15, 0.2) is 5.76 Å². The summed E-state index contributed by atoms with van der Waals surface area (Å²) in [6, 6.07) is 9.41. The van der Waals surface area contributed by atoms with E-state index in [4.69, 9.17) is 4.52 Å². The minimum Gasteiger partial charge on any atom is -0.356 e. The van der Waals surface area contributed by atoms with Gasteiger partial charge in [0, 0.05) is 17.7 Å². The Hall–Kier alpha value is -2.89. The topological polar surface area (TPSA) is 75.0 Å². The Morgan fingerprint density at radius 2 is 2.04 bits per heavy atom. The third-order valence-corrected chi connectivity index (χ3v) is 5.19. The van der Waals surface area contributed by atoms with Gasteiger partial charge in [-0.2, -0.15) is 5.10 Å². The monoisotopic (exact) mass is 350 g/mol. The number of piperidine rings is 1. The van der Waals surface area contributed by atoms with Gasteiger partial charge in [-0.05, 0) is 45.2 Å². The second kappa shape index (κ2) is 6.78. The minimum atomic E-state index is -0.0428. The van der Waals surface area contributed by atoms with Gasteiger partial charge in [-0.1, -0.05) is 23.4 Å². The van der Waals surface area contributed by atoms with Crippen molar-refractivity contribution in [2.75, 3.05) is 6.54 Å². The number of likely N-dealkylation sites (tertiary alicyclic amines) is 1. The normalized spacial score (nSPS) is 17.5. The first-order chi connectivity index (χ1) is 12.7. The van der Waals surface area contributed by atoms with E-state index in [2.05, 4.69) is 15.4 Å². The summed E-state index contributed by atoms with van der Waals surface area (Å²) in [5.41, 5.74) is 4.40. The molecule has 0 aliphatic carbocycles. The van der Waals surface area contributed by atoms with E-state index in [-0.39, 0.29) is 11.9 Å². The molecule has 0 radical (unpaired) electrons. The predicted octanol–water partition coefficient (Wildman–Crippen LogP) is 4.05. The molecule has 1 saturated heterocycles. The molecule has 134 valence electrons. The van der Waals surface area contributed by atoms with E-state index in [1.54, 1.807) is 6.20 Å². The first kappa shape index (κ1) is 16.6. The molecule has 1 aliphatic heterocycles. The van der Waals surface area contributed by atoms with Crippen molar-refractivity contribution in [3.63, 3.8) is 0 Å². The fourth-order valence-electron chi connectivity index (χ4n) is 3.62. The number of hydrogen-bond donors (Lipinski definition) is 1. The van der Waals surface area contributed by atoms with Crippen molar-refractivity contribution in [1.29, 1.82) is 0 Å². The van der Waals surface area contributed by atoms with Crippen LogP contribution >= 0.6 is 0 Å². The molecule has 2 aromatic heterocycles. The van der Waals surface area contributed by atoms with E-state index in [0.29, 0.717) is 5.56 Å². The maximum atomic E-state index is 13.1. The van der Waals surface area contributed by atoms with E-state index in [1.165, 1.54) is 0 Å². The number of hydrogen-bond acceptors (Lipinski definition) is 4. The molecule has 6 heteroatoms. The standard InChI is InChI=1S/C20H22N4O2/c1-13-14(2)23-26-19(13)16-12-21-22-18(16)17-10-6-7-11-24(17)20(25)15-8-4-3-5-9-15/h3-5,8-9,12,17H,6-7,10-11H2,1-2H3,(H,21,22). The number of aromatic amines is 1. The highest BCUT2D eigenvalue weighted by molar-refractivity contribution is 5.94. The number of aryl methyl sites for hydroxylation is 1. The van der Waals surface area contributed by atoms with Gasteiger partial charge < -0.3 is 9.42 Å². The summed E-state index contributed by atoms with van der Waals surface area (Å²) in [4.78, 5) is 15.0. The Morgan fingerprint density at radius 1 is 1.23 bits per heavy atom. The van der Waals surface area contributed by atoms with Crippen LogP contribution in [0.2, 0.25) is 0 Å². The van der Waals surface area contributed by atoms with Crippen LogP contribution in [0.1, 0.15) is 52.6 Å². The molecule has 1 unspecified atom stereocenters. The number of nitrogens with zero attached hydrogens (tertiary/aromatic N) is 3. The third kappa shape index (κ3) is 2.81. The minimum absolute atomic E-state index is 0.0428. The lowest BCUT2D eigenvalue weighted by Crippen LogP contribution is -2.38. The fraction of sp³-hybridized carbons (Fsp3) is 0.350. The van der Waals surface area contributed by atoms with Gasteiger partial charge in [-0.15, -0.1) is 0 Å². The molecule has 0 bridgehead atoms. The van der Waals surface area contributed by atoms with Crippen LogP contribution in [0.3, 0.4) is 0 Å². The van der Waals surface area contributed by atoms with Gasteiger partial charge in [-0.25, -0.2) is 0 Å². The molecule has 26 heavy (non-hydrogen) atoms. The molecule has 0 saturated carbocycles. The van der Waals surface area contributed by atoms with Crippen LogP contribution < -0.4 is 0 Å². The Kier molecular flexibility index (Phi) is 4.32. The van der Waals surface area contributed by atoms with E-state index < -0.39 is 0 Å². The second-order valence-corrected chi connectivity index (χ2v) is 6.80. The lowest BCUT2D eigenvalue weighted by atomic mass is 9.94. The molecule has 1 fully saturated rings. The average molecular weight is 350 g/mol. The molecule has 3 aromatic rings. The summed E-state index contributed by atoms with van der Waals surface area (Å²) in [7, 11) is 0. The Morgan fingerprint density at radius 3 is 2.77 bits per heavy atom. The average Bonchev–Trinajstić information content (AvgIpc) is 3.29. The van der Waals surface area contributed by atoms with Crippen LogP contribution in [0.4, 0.5) is 0 Å². The van der Waals surface area contributed by atoms with Crippen molar-refractivity contribution < 1.29 is 9.32 Å². The number of benzene rings is 1. The third-order valence-electron chi connectivity index (χ3n) is 5.19. The molecule has 6 nitrogen and oxygen atoms in total. The maximum Gasteiger partial charge on any atom is 0.254 e. The van der Waals surface area contributed by atoms with Crippen LogP contribution in [-0.2, 0) is 0 Å². The van der Waals surface area contributed by atoms with Crippen LogP contribution in [0.15, 0.2) is 41.1 Å². The number of nitrogens with one attached hydrogen (secondary N) is 1. The molecule has 1 aliphatic rings. The van der Waals surface area contributed by atoms with Crippen molar-refractivity contribution >= 4 is 5.91 Å². The van der Waals surface area contributed by atoms with Crippen molar-refractivity contribution in [3.05, 3.63) is 59.0 Å². The molecule has 4 rings (SSSR count). The van der Waals surface area contributed by atoms with Gasteiger partial charge in [0.25, 0.3) is 5.91 Å². The van der Waals surface area contributed by atoms with Crippen molar-refractivity contribution in [1.82, 2.24) is 20.3 Å². The molecule has 1 atom stereocenters. The molecule has 3 heterocycles. The van der Waals surface area contributed by atoms with Gasteiger partial charge in [0.05, 0.1) is 29.2 Å². The Bertz CT molecular complexity index is 913. The molecule has 0 spiro atoms. The Balaban J connectivity index is 1.71. The van der Waals surface area contributed by atoms with Gasteiger partial charge in [0.2, 0.25) is 0 Å². The summed E-state index contributed by atoms with van der Waals surface area (Å²) in [5, 5.41) is 11.4. The van der Waals surface area contributed by atoms with Crippen LogP contribution in [-0.4, -0.2) is 32.7 Å². The van der Waals surface area contributed by atoms with Gasteiger partial charge in [-0.3, -0.25) is 9.89 Å². The molecular formula is C20H22N4O2. The zero-order valence-corrected chi connectivity index (χ0v) is 15.0. The summed E-state index contributed by atoms with van der Waals surface area (Å²) in [6.45, 7) is 4.66. The molecule has 1 aromatic carbocycles. The number of amides is 1. The van der Waals surface area contributed by atoms with E-state index in [0.717, 1.165) is 54.1 Å². The predicted molar refractivity (Wildman–Crippen MR) is 97.6 cm³/mol. The number of aromatic nitrogens is 3. The first-order valence-corrected chi connectivity index (χ1v) is 8.99. The van der Waals surface area contributed by atoms with E-state index in [9.17, 15) is 4.79 Å². The molecule has 1 N–H and O–H groups in total.